The maximum Gasteiger partial charge on any atom is 0.309 e. The minimum atomic E-state index is -0.306. The molecule has 1 aliphatic heterocycles. The summed E-state index contributed by atoms with van der Waals surface area (Å²) < 4.78 is 5.10. The van der Waals surface area contributed by atoms with Gasteiger partial charge in [0.25, 0.3) is 0 Å². The molecule has 4 nitrogen and oxygen atoms in total. The summed E-state index contributed by atoms with van der Waals surface area (Å²) in [6, 6.07) is 4.88. The number of rotatable bonds is 4. The van der Waals surface area contributed by atoms with Gasteiger partial charge in [-0.15, -0.1) is 0 Å². The maximum absolute atomic E-state index is 12.2. The van der Waals surface area contributed by atoms with Gasteiger partial charge in [-0.2, -0.15) is 0 Å². The van der Waals surface area contributed by atoms with Gasteiger partial charge < -0.3 is 10.1 Å². The first-order valence-corrected chi connectivity index (χ1v) is 7.59. The van der Waals surface area contributed by atoms with Crippen molar-refractivity contribution in [3.8, 4) is 0 Å². The highest BCUT2D eigenvalue weighted by atomic mass is 35.5. The number of hydrogen-bond donors (Lipinski definition) is 1. The molecule has 1 aliphatic rings. The molecule has 0 bridgehead atoms. The molecule has 6 heteroatoms. The van der Waals surface area contributed by atoms with Crippen molar-refractivity contribution in [1.82, 2.24) is 0 Å². The molecule has 1 aromatic carbocycles. The van der Waals surface area contributed by atoms with Crippen LogP contribution < -0.4 is 5.32 Å². The van der Waals surface area contributed by atoms with Crippen LogP contribution in [0.4, 0.5) is 5.69 Å². The van der Waals surface area contributed by atoms with Gasteiger partial charge in [0.15, 0.2) is 0 Å². The molecule has 0 aliphatic carbocycles. The zero-order chi connectivity index (χ0) is 15.6. The van der Waals surface area contributed by atoms with Gasteiger partial charge in [0.05, 0.1) is 22.7 Å². The Labute approximate surface area is 133 Å². The zero-order valence-electron chi connectivity index (χ0n) is 11.9. The predicted molar refractivity (Wildman–Crippen MR) is 82.5 cm³/mol. The first-order valence-electron chi connectivity index (χ1n) is 6.83. The van der Waals surface area contributed by atoms with E-state index in [-0.39, 0.29) is 29.8 Å². The Kier molecular flexibility index (Phi) is 5.12. The lowest BCUT2D eigenvalue weighted by Gasteiger charge is -2.15. The van der Waals surface area contributed by atoms with Crippen LogP contribution in [0.25, 0.3) is 0 Å². The average Bonchev–Trinajstić information content (AvgIpc) is 2.71. The van der Waals surface area contributed by atoms with Crippen molar-refractivity contribution in [1.29, 1.82) is 0 Å². The summed E-state index contributed by atoms with van der Waals surface area (Å²) in [5.41, 5.74) is 0.514. The largest absolute Gasteiger partial charge is 0.462 e. The van der Waals surface area contributed by atoms with Crippen LogP contribution in [0.15, 0.2) is 18.2 Å². The fourth-order valence-corrected chi connectivity index (χ4v) is 2.87. The second-order valence-electron chi connectivity index (χ2n) is 5.43. The van der Waals surface area contributed by atoms with Gasteiger partial charge in [0.2, 0.25) is 5.91 Å². The highest BCUT2D eigenvalue weighted by Gasteiger charge is 2.34. The summed E-state index contributed by atoms with van der Waals surface area (Å²) in [4.78, 5) is 23.8. The topological polar surface area (TPSA) is 55.4 Å². The van der Waals surface area contributed by atoms with Crippen molar-refractivity contribution in [2.45, 2.75) is 32.8 Å². The lowest BCUT2D eigenvalue weighted by Crippen LogP contribution is -2.24. The number of benzene rings is 1. The maximum atomic E-state index is 12.2. The van der Waals surface area contributed by atoms with E-state index in [1.807, 2.05) is 6.92 Å². The van der Waals surface area contributed by atoms with E-state index in [0.29, 0.717) is 28.6 Å². The molecule has 0 radical (unpaired) electrons. The average molecular weight is 330 g/mol. The van der Waals surface area contributed by atoms with Crippen LogP contribution in [0.3, 0.4) is 0 Å². The molecular formula is C15H17Cl2NO3. The molecule has 21 heavy (non-hydrogen) atoms. The van der Waals surface area contributed by atoms with Crippen molar-refractivity contribution < 1.29 is 14.3 Å². The predicted octanol–water partition coefficient (Wildman–Crippen LogP) is 3.91. The molecule has 1 fully saturated rings. The fourth-order valence-electron chi connectivity index (χ4n) is 2.41. The molecule has 0 unspecified atom stereocenters. The van der Waals surface area contributed by atoms with Crippen LogP contribution in [-0.2, 0) is 14.3 Å². The van der Waals surface area contributed by atoms with Gasteiger partial charge in [0, 0.05) is 10.9 Å². The normalized spacial score (nSPS) is 22.8. The van der Waals surface area contributed by atoms with Crippen LogP contribution in [-0.4, -0.2) is 18.0 Å². The molecule has 1 aromatic rings. The van der Waals surface area contributed by atoms with E-state index < -0.39 is 0 Å². The smallest absolute Gasteiger partial charge is 0.309 e. The molecule has 1 amide bonds. The summed E-state index contributed by atoms with van der Waals surface area (Å²) in [6.07, 6.45) is 1.07. The van der Waals surface area contributed by atoms with E-state index in [9.17, 15) is 9.59 Å². The first kappa shape index (κ1) is 16.1. The van der Waals surface area contributed by atoms with E-state index in [1.54, 1.807) is 25.1 Å². The van der Waals surface area contributed by atoms with E-state index >= 15 is 0 Å². The number of amides is 1. The lowest BCUT2D eigenvalue weighted by molar-refractivity contribution is -0.144. The van der Waals surface area contributed by atoms with Gasteiger partial charge in [-0.1, -0.05) is 30.1 Å². The van der Waals surface area contributed by atoms with Crippen molar-refractivity contribution in [2.24, 2.45) is 11.8 Å². The van der Waals surface area contributed by atoms with Crippen LogP contribution >= 0.6 is 23.2 Å². The van der Waals surface area contributed by atoms with Gasteiger partial charge in [-0.3, -0.25) is 9.59 Å². The molecule has 2 rings (SSSR count). The minimum absolute atomic E-state index is 0.0662. The van der Waals surface area contributed by atoms with Gasteiger partial charge >= 0.3 is 5.97 Å². The number of cyclic esters (lactones) is 1. The Balaban J connectivity index is 1.95. The highest BCUT2D eigenvalue weighted by molar-refractivity contribution is 6.36. The third kappa shape index (κ3) is 4.11. The van der Waals surface area contributed by atoms with E-state index in [0.717, 1.165) is 0 Å². The number of esters is 1. The summed E-state index contributed by atoms with van der Waals surface area (Å²) >= 11 is 11.8. The SMILES string of the molecule is C[C@@H]1C[C@H](C[C@H](C)C(=O)Nc2ccc(Cl)cc2Cl)C(=O)O1. The van der Waals surface area contributed by atoms with Gasteiger partial charge in [-0.05, 0) is 38.0 Å². The van der Waals surface area contributed by atoms with Crippen LogP contribution in [0.2, 0.25) is 10.0 Å². The van der Waals surface area contributed by atoms with E-state index in [4.69, 9.17) is 27.9 Å². The second-order valence-corrected chi connectivity index (χ2v) is 6.27. The minimum Gasteiger partial charge on any atom is -0.462 e. The molecular weight excluding hydrogens is 313 g/mol. The molecule has 1 saturated heterocycles. The summed E-state index contributed by atoms with van der Waals surface area (Å²) in [5.74, 6) is -0.903. The van der Waals surface area contributed by atoms with Crippen LogP contribution in [0.1, 0.15) is 26.7 Å². The van der Waals surface area contributed by atoms with Crippen molar-refractivity contribution in [2.75, 3.05) is 5.32 Å². The number of carbonyl (C=O) groups excluding carboxylic acids is 2. The molecule has 114 valence electrons. The standard InChI is InChI=1S/C15H17Cl2NO3/c1-8(5-10-6-9(2)21-15(10)20)14(19)18-13-4-3-11(16)7-12(13)17/h3-4,7-10H,5-6H2,1-2H3,(H,18,19)/t8-,9+,10-/m0/s1. The Bertz CT molecular complexity index is 562. The van der Waals surface area contributed by atoms with Crippen molar-refractivity contribution in [3.05, 3.63) is 28.2 Å². The Morgan fingerprint density at radius 2 is 2.19 bits per heavy atom. The van der Waals surface area contributed by atoms with Crippen molar-refractivity contribution in [3.63, 3.8) is 0 Å². The number of hydrogen-bond acceptors (Lipinski definition) is 3. The number of halogens is 2. The third-order valence-electron chi connectivity index (χ3n) is 3.54. The Morgan fingerprint density at radius 1 is 1.48 bits per heavy atom. The van der Waals surface area contributed by atoms with Crippen molar-refractivity contribution >= 4 is 40.8 Å². The molecule has 3 atom stereocenters. The highest BCUT2D eigenvalue weighted by Crippen LogP contribution is 2.29. The zero-order valence-corrected chi connectivity index (χ0v) is 13.4. The summed E-state index contributed by atoms with van der Waals surface area (Å²) in [6.45, 7) is 3.64. The summed E-state index contributed by atoms with van der Waals surface area (Å²) in [5, 5.41) is 3.65. The number of nitrogens with one attached hydrogen (secondary N) is 1. The quantitative estimate of drug-likeness (QED) is 0.852. The van der Waals surface area contributed by atoms with Crippen LogP contribution in [0.5, 0.6) is 0 Å². The lowest BCUT2D eigenvalue weighted by atomic mass is 9.93. The Morgan fingerprint density at radius 3 is 2.76 bits per heavy atom. The van der Waals surface area contributed by atoms with Gasteiger partial charge in [-0.25, -0.2) is 0 Å². The van der Waals surface area contributed by atoms with Crippen LogP contribution in [0, 0.1) is 11.8 Å². The van der Waals surface area contributed by atoms with E-state index in [2.05, 4.69) is 5.32 Å². The molecule has 1 N–H and O–H groups in total. The number of carbonyl (C=O) groups is 2. The summed E-state index contributed by atoms with van der Waals surface area (Å²) in [7, 11) is 0. The third-order valence-corrected chi connectivity index (χ3v) is 4.09. The number of anilines is 1. The number of ether oxygens (including phenoxy) is 1. The first-order chi connectivity index (χ1) is 9.86. The van der Waals surface area contributed by atoms with Gasteiger partial charge in [0.1, 0.15) is 0 Å². The van der Waals surface area contributed by atoms with E-state index in [1.165, 1.54) is 0 Å². The monoisotopic (exact) mass is 329 g/mol. The molecule has 0 saturated carbocycles. The molecule has 1 heterocycles. The second kappa shape index (κ2) is 6.67. The fraction of sp³-hybridized carbons (Fsp3) is 0.467. The Hall–Kier alpha value is -1.26. The molecule has 0 aromatic heterocycles. The molecule has 0 spiro atoms.